The predicted octanol–water partition coefficient (Wildman–Crippen LogP) is 10.4. The SMILES string of the molecule is CC1=Cc2cccc3nc(-c4[c-]cccc4)n(c23)C1(C)C.Cc1ccc2c(n1)oc1c(-c3cc(CC(C)(C)C)ccn3)[c-]ccc12.[Ir]. The number of rotatable bonds is 3. The predicted molar refractivity (Wildman–Crippen MR) is 188 cm³/mol. The summed E-state index contributed by atoms with van der Waals surface area (Å²) in [7, 11) is 0. The fourth-order valence-electron chi connectivity index (χ4n) is 6.35. The van der Waals surface area contributed by atoms with Crippen molar-refractivity contribution < 1.29 is 24.5 Å². The van der Waals surface area contributed by atoms with Crippen molar-refractivity contribution in [1.82, 2.24) is 19.5 Å². The van der Waals surface area contributed by atoms with Crippen molar-refractivity contribution in [3.05, 3.63) is 120 Å². The molecular formula is C41H38IrN4O-2. The monoisotopic (exact) mass is 795 g/mol. The van der Waals surface area contributed by atoms with Crippen LogP contribution in [0.3, 0.4) is 0 Å². The van der Waals surface area contributed by atoms with Gasteiger partial charge in [-0.15, -0.1) is 54.1 Å². The molecule has 0 saturated heterocycles. The van der Waals surface area contributed by atoms with Gasteiger partial charge in [0.1, 0.15) is 0 Å². The molecule has 47 heavy (non-hydrogen) atoms. The minimum Gasteiger partial charge on any atom is -0.486 e. The molecule has 0 unspecified atom stereocenters. The number of pyridine rings is 2. The Morgan fingerprint density at radius 2 is 1.70 bits per heavy atom. The van der Waals surface area contributed by atoms with E-state index in [0.29, 0.717) is 5.71 Å². The van der Waals surface area contributed by atoms with Crippen LogP contribution in [0.4, 0.5) is 0 Å². The first-order chi connectivity index (χ1) is 22.0. The molecule has 1 aliphatic heterocycles. The van der Waals surface area contributed by atoms with Gasteiger partial charge in [0.05, 0.1) is 28.0 Å². The zero-order valence-electron chi connectivity index (χ0n) is 27.9. The fraction of sp³-hybridized carbons (Fsp3) is 0.244. The third-order valence-electron chi connectivity index (χ3n) is 8.81. The van der Waals surface area contributed by atoms with E-state index in [1.807, 2.05) is 49.5 Å². The number of imidazole rings is 1. The molecule has 0 fully saturated rings. The first-order valence-electron chi connectivity index (χ1n) is 15.8. The summed E-state index contributed by atoms with van der Waals surface area (Å²) in [5.74, 6) is 0.996. The van der Waals surface area contributed by atoms with E-state index >= 15 is 0 Å². The van der Waals surface area contributed by atoms with Crippen molar-refractivity contribution in [2.24, 2.45) is 5.41 Å². The molecule has 0 amide bonds. The van der Waals surface area contributed by atoms with Crippen molar-refractivity contribution in [2.75, 3.05) is 0 Å². The van der Waals surface area contributed by atoms with Crippen molar-refractivity contribution in [3.63, 3.8) is 0 Å². The second-order valence-corrected chi connectivity index (χ2v) is 13.9. The zero-order valence-corrected chi connectivity index (χ0v) is 30.3. The molecule has 0 saturated carbocycles. The molecule has 8 rings (SSSR count). The molecule has 1 aliphatic rings. The van der Waals surface area contributed by atoms with Crippen LogP contribution in [0.5, 0.6) is 0 Å². The molecule has 0 spiro atoms. The summed E-state index contributed by atoms with van der Waals surface area (Å²) >= 11 is 0. The third-order valence-corrected chi connectivity index (χ3v) is 8.81. The van der Waals surface area contributed by atoms with Crippen LogP contribution < -0.4 is 0 Å². The maximum absolute atomic E-state index is 6.08. The molecule has 0 bridgehead atoms. The number of para-hydroxylation sites is 1. The van der Waals surface area contributed by atoms with E-state index in [9.17, 15) is 0 Å². The minimum atomic E-state index is -0.0812. The Labute approximate surface area is 290 Å². The van der Waals surface area contributed by atoms with E-state index in [-0.39, 0.29) is 31.1 Å². The maximum Gasteiger partial charge on any atom is 0.216 e. The first kappa shape index (κ1) is 32.6. The van der Waals surface area contributed by atoms with Gasteiger partial charge < -0.3 is 14.0 Å². The third kappa shape index (κ3) is 6.08. The Bertz CT molecular complexity index is 2270. The second kappa shape index (κ2) is 12.3. The average molecular weight is 795 g/mol. The van der Waals surface area contributed by atoms with Gasteiger partial charge in [0.25, 0.3) is 0 Å². The van der Waals surface area contributed by atoms with Crippen molar-refractivity contribution >= 4 is 39.2 Å². The topological polar surface area (TPSA) is 56.7 Å². The maximum atomic E-state index is 6.08. The number of aromatic nitrogens is 4. The molecule has 3 aromatic carbocycles. The number of hydrogen-bond donors (Lipinski definition) is 0. The Balaban J connectivity index is 0.000000163. The van der Waals surface area contributed by atoms with Crippen LogP contribution in [0.25, 0.3) is 61.8 Å². The van der Waals surface area contributed by atoms with Gasteiger partial charge in [0.2, 0.25) is 5.71 Å². The van der Waals surface area contributed by atoms with E-state index in [1.54, 1.807) is 0 Å². The van der Waals surface area contributed by atoms with Crippen LogP contribution in [0, 0.1) is 24.5 Å². The summed E-state index contributed by atoms with van der Waals surface area (Å²) in [5, 5.41) is 2.08. The van der Waals surface area contributed by atoms with E-state index in [2.05, 4.69) is 117 Å². The summed E-state index contributed by atoms with van der Waals surface area (Å²) in [4.78, 5) is 14.0. The summed E-state index contributed by atoms with van der Waals surface area (Å²) in [6.07, 6.45) is 5.15. The van der Waals surface area contributed by atoms with E-state index in [4.69, 9.17) is 9.40 Å². The van der Waals surface area contributed by atoms with Gasteiger partial charge in [-0.2, -0.15) is 0 Å². The number of benzene rings is 3. The summed E-state index contributed by atoms with van der Waals surface area (Å²) in [6.45, 7) is 15.4. The van der Waals surface area contributed by atoms with Gasteiger partial charge in [-0.05, 0) is 80.6 Å². The molecule has 239 valence electrons. The standard InChI is InChI=1S/C22H21N2O.C19H17N2.Ir/c1-14-8-9-17-16-6-5-7-18(20(16)25-21(17)24-14)19-12-15(10-11-23-19)13-22(2,3)4;1-13-12-15-10-7-11-16-17(15)21(19(13,2)3)18(20-16)14-8-5-4-6-9-14;/h5-6,8-12H,13H2,1-4H3;4-8,10-12H,1-3H3;/q2*-1;. The molecule has 4 aromatic heterocycles. The van der Waals surface area contributed by atoms with Crippen LogP contribution in [0.15, 0.2) is 95.0 Å². The zero-order chi connectivity index (χ0) is 32.2. The van der Waals surface area contributed by atoms with E-state index < -0.39 is 0 Å². The van der Waals surface area contributed by atoms with E-state index in [1.165, 1.54) is 22.2 Å². The number of fused-ring (bicyclic) bond motifs is 3. The molecule has 7 aromatic rings. The first-order valence-corrected chi connectivity index (χ1v) is 15.8. The number of hydrogen-bond acceptors (Lipinski definition) is 4. The van der Waals surface area contributed by atoms with E-state index in [0.717, 1.165) is 56.6 Å². The quantitative estimate of drug-likeness (QED) is 0.167. The van der Waals surface area contributed by atoms with Gasteiger partial charge in [-0.3, -0.25) is 4.98 Å². The normalized spacial score (nSPS) is 13.6. The van der Waals surface area contributed by atoms with Crippen LogP contribution in [-0.4, -0.2) is 19.5 Å². The largest absolute Gasteiger partial charge is 0.486 e. The fourth-order valence-corrected chi connectivity index (χ4v) is 6.35. The van der Waals surface area contributed by atoms with Crippen molar-refractivity contribution in [2.45, 2.75) is 60.4 Å². The second-order valence-electron chi connectivity index (χ2n) is 13.9. The minimum absolute atomic E-state index is 0. The van der Waals surface area contributed by atoms with Gasteiger partial charge in [0, 0.05) is 37.4 Å². The molecule has 5 heterocycles. The Morgan fingerprint density at radius 3 is 2.47 bits per heavy atom. The number of aryl methyl sites for hydroxylation is 1. The van der Waals surface area contributed by atoms with Crippen molar-refractivity contribution in [3.8, 4) is 22.6 Å². The average Bonchev–Trinajstić information content (AvgIpc) is 3.60. The van der Waals surface area contributed by atoms with Gasteiger partial charge >= 0.3 is 0 Å². The number of nitrogens with zero attached hydrogens (tertiary/aromatic N) is 4. The molecular weight excluding hydrogens is 757 g/mol. The smallest absolute Gasteiger partial charge is 0.216 e. The van der Waals surface area contributed by atoms with Gasteiger partial charge in [-0.25, -0.2) is 4.98 Å². The molecule has 0 N–H and O–H groups in total. The van der Waals surface area contributed by atoms with Crippen LogP contribution in [-0.2, 0) is 32.1 Å². The van der Waals surface area contributed by atoms with Crippen molar-refractivity contribution in [1.29, 1.82) is 0 Å². The molecule has 0 atom stereocenters. The van der Waals surface area contributed by atoms with Crippen LogP contribution >= 0.6 is 0 Å². The molecule has 1 radical (unpaired) electrons. The number of furan rings is 1. The van der Waals surface area contributed by atoms with Crippen LogP contribution in [0.1, 0.15) is 58.4 Å². The Hall–Kier alpha value is -4.38. The molecule has 0 aliphatic carbocycles. The Kier molecular flexibility index (Phi) is 8.54. The summed E-state index contributed by atoms with van der Waals surface area (Å²) < 4.78 is 8.44. The molecule has 5 nitrogen and oxygen atoms in total. The van der Waals surface area contributed by atoms with Crippen LogP contribution in [0.2, 0.25) is 0 Å². The Morgan fingerprint density at radius 1 is 0.872 bits per heavy atom. The molecule has 6 heteroatoms. The summed E-state index contributed by atoms with van der Waals surface area (Å²) in [5.41, 5.74) is 11.5. The number of allylic oxidation sites excluding steroid dienone is 1. The van der Waals surface area contributed by atoms with Gasteiger partial charge in [0.15, 0.2) is 0 Å². The summed E-state index contributed by atoms with van der Waals surface area (Å²) in [6, 6.07) is 33.3. The van der Waals surface area contributed by atoms with Gasteiger partial charge in [-0.1, -0.05) is 61.6 Å².